The average Bonchev–Trinajstić information content (AvgIpc) is 2.66. The minimum absolute atomic E-state index is 0.233. The van der Waals surface area contributed by atoms with Crippen molar-refractivity contribution >= 4 is 22.6 Å². The summed E-state index contributed by atoms with van der Waals surface area (Å²) in [6, 6.07) is 2.29. The Labute approximate surface area is 155 Å². The molecule has 2 atom stereocenters. The highest BCUT2D eigenvalue weighted by Gasteiger charge is 2.25. The van der Waals surface area contributed by atoms with Gasteiger partial charge in [0.2, 0.25) is 5.91 Å². The number of carbonyl (C=O) groups excluding carboxylic acids is 1. The standard InChI is InChI=1S/C18H23N3O6/c1-5-10(2)15(18(24)25)20-13(22)9-21-17(23)14-11(8-19-21)6-7-12(26-3)16(14)27-4/h6-8,10,15H,5,9H2,1-4H3,(H,20,22)(H,24,25)/t10-,15+/m0/s1. The van der Waals surface area contributed by atoms with E-state index < -0.39 is 30.0 Å². The number of nitrogens with one attached hydrogen (secondary N) is 1. The van der Waals surface area contributed by atoms with Crippen molar-refractivity contribution in [2.75, 3.05) is 14.2 Å². The van der Waals surface area contributed by atoms with Gasteiger partial charge in [0, 0.05) is 5.39 Å². The zero-order valence-corrected chi connectivity index (χ0v) is 15.7. The van der Waals surface area contributed by atoms with Gasteiger partial charge in [-0.25, -0.2) is 9.48 Å². The maximum absolute atomic E-state index is 12.8. The lowest BCUT2D eigenvalue weighted by Gasteiger charge is -2.20. The summed E-state index contributed by atoms with van der Waals surface area (Å²) in [5, 5.41) is 16.5. The van der Waals surface area contributed by atoms with E-state index in [0.29, 0.717) is 17.6 Å². The molecule has 0 spiro atoms. The number of hydrogen-bond acceptors (Lipinski definition) is 6. The summed E-state index contributed by atoms with van der Waals surface area (Å²) in [6.45, 7) is 3.16. The van der Waals surface area contributed by atoms with E-state index in [0.717, 1.165) is 4.68 Å². The Balaban J connectivity index is 2.36. The number of amides is 1. The number of carboxylic acid groups (broad SMARTS) is 1. The van der Waals surface area contributed by atoms with E-state index >= 15 is 0 Å². The molecule has 1 heterocycles. The van der Waals surface area contributed by atoms with Gasteiger partial charge in [0.25, 0.3) is 5.56 Å². The summed E-state index contributed by atoms with van der Waals surface area (Å²) >= 11 is 0. The van der Waals surface area contributed by atoms with Gasteiger partial charge in [0.15, 0.2) is 11.5 Å². The number of ether oxygens (including phenoxy) is 2. The minimum Gasteiger partial charge on any atom is -0.493 e. The van der Waals surface area contributed by atoms with E-state index in [-0.39, 0.29) is 17.1 Å². The predicted octanol–water partition coefficient (Wildman–Crippen LogP) is 1.03. The van der Waals surface area contributed by atoms with Crippen molar-refractivity contribution in [2.45, 2.75) is 32.9 Å². The Hall–Kier alpha value is -3.10. The quantitative estimate of drug-likeness (QED) is 0.705. The van der Waals surface area contributed by atoms with Crippen LogP contribution in [0.3, 0.4) is 0 Å². The fourth-order valence-electron chi connectivity index (χ4n) is 2.73. The molecule has 0 saturated heterocycles. The van der Waals surface area contributed by atoms with Crippen molar-refractivity contribution < 1.29 is 24.2 Å². The van der Waals surface area contributed by atoms with Crippen molar-refractivity contribution in [1.82, 2.24) is 15.1 Å². The Morgan fingerprint density at radius 2 is 2.00 bits per heavy atom. The fraction of sp³-hybridized carbons (Fsp3) is 0.444. The molecular weight excluding hydrogens is 354 g/mol. The molecule has 2 aromatic rings. The van der Waals surface area contributed by atoms with Crippen LogP contribution in [-0.2, 0) is 16.1 Å². The van der Waals surface area contributed by atoms with Crippen LogP contribution < -0.4 is 20.3 Å². The molecule has 0 bridgehead atoms. The lowest BCUT2D eigenvalue weighted by atomic mass is 9.99. The van der Waals surface area contributed by atoms with Gasteiger partial charge in [0.05, 0.1) is 25.8 Å². The number of aliphatic carboxylic acids is 1. The van der Waals surface area contributed by atoms with Crippen LogP contribution in [0.2, 0.25) is 0 Å². The van der Waals surface area contributed by atoms with Crippen molar-refractivity contribution in [1.29, 1.82) is 0 Å². The van der Waals surface area contributed by atoms with Crippen LogP contribution in [0.1, 0.15) is 20.3 Å². The molecule has 1 amide bonds. The molecule has 0 radical (unpaired) electrons. The van der Waals surface area contributed by atoms with E-state index in [1.54, 1.807) is 19.1 Å². The van der Waals surface area contributed by atoms with Gasteiger partial charge in [-0.15, -0.1) is 0 Å². The highest BCUT2D eigenvalue weighted by atomic mass is 16.5. The van der Waals surface area contributed by atoms with Crippen molar-refractivity contribution in [3.8, 4) is 11.5 Å². The first-order valence-corrected chi connectivity index (χ1v) is 8.47. The summed E-state index contributed by atoms with van der Waals surface area (Å²) in [7, 11) is 2.87. The third-order valence-corrected chi connectivity index (χ3v) is 4.45. The van der Waals surface area contributed by atoms with Crippen LogP contribution in [0.4, 0.5) is 0 Å². The number of methoxy groups -OCH3 is 2. The van der Waals surface area contributed by atoms with Crippen molar-refractivity contribution in [3.63, 3.8) is 0 Å². The monoisotopic (exact) mass is 377 g/mol. The second kappa shape index (κ2) is 8.52. The lowest BCUT2D eigenvalue weighted by molar-refractivity contribution is -0.143. The number of hydrogen-bond donors (Lipinski definition) is 2. The number of nitrogens with zero attached hydrogens (tertiary/aromatic N) is 2. The van der Waals surface area contributed by atoms with Crippen molar-refractivity contribution in [2.24, 2.45) is 5.92 Å². The summed E-state index contributed by atoms with van der Waals surface area (Å²) < 4.78 is 11.5. The van der Waals surface area contributed by atoms with Gasteiger partial charge >= 0.3 is 5.97 Å². The molecular formula is C18H23N3O6. The molecule has 9 nitrogen and oxygen atoms in total. The van der Waals surface area contributed by atoms with Gasteiger partial charge < -0.3 is 19.9 Å². The van der Waals surface area contributed by atoms with Gasteiger partial charge in [-0.05, 0) is 18.1 Å². The molecule has 0 aliphatic rings. The zero-order valence-electron chi connectivity index (χ0n) is 15.7. The molecule has 0 aliphatic carbocycles. The summed E-state index contributed by atoms with van der Waals surface area (Å²) in [4.78, 5) is 36.4. The number of carbonyl (C=O) groups is 2. The van der Waals surface area contributed by atoms with Gasteiger partial charge in [0.1, 0.15) is 12.6 Å². The Bertz CT molecular complexity index is 908. The zero-order chi connectivity index (χ0) is 20.1. The number of rotatable bonds is 8. The number of aromatic nitrogens is 2. The third-order valence-electron chi connectivity index (χ3n) is 4.45. The molecule has 2 N–H and O–H groups in total. The van der Waals surface area contributed by atoms with E-state index in [1.165, 1.54) is 20.4 Å². The molecule has 2 rings (SSSR count). The number of fused-ring (bicyclic) bond motifs is 1. The highest BCUT2D eigenvalue weighted by molar-refractivity contribution is 5.89. The maximum Gasteiger partial charge on any atom is 0.326 e. The molecule has 27 heavy (non-hydrogen) atoms. The van der Waals surface area contributed by atoms with E-state index in [9.17, 15) is 19.5 Å². The van der Waals surface area contributed by atoms with Crippen LogP contribution in [0.5, 0.6) is 11.5 Å². The molecule has 0 unspecified atom stereocenters. The Kier molecular flexibility index (Phi) is 6.38. The predicted molar refractivity (Wildman–Crippen MR) is 98.1 cm³/mol. The van der Waals surface area contributed by atoms with E-state index in [1.807, 2.05) is 6.92 Å². The Morgan fingerprint density at radius 3 is 2.56 bits per heavy atom. The SMILES string of the molecule is CC[C@H](C)[C@@H](NC(=O)Cn1ncc2ccc(OC)c(OC)c2c1=O)C(=O)O. The van der Waals surface area contributed by atoms with Crippen LogP contribution in [0.15, 0.2) is 23.1 Å². The largest absolute Gasteiger partial charge is 0.493 e. The first-order valence-electron chi connectivity index (χ1n) is 8.47. The normalized spacial score (nSPS) is 13.0. The number of benzene rings is 1. The molecule has 1 aromatic heterocycles. The second-order valence-electron chi connectivity index (χ2n) is 6.14. The molecule has 0 aliphatic heterocycles. The van der Waals surface area contributed by atoms with Crippen LogP contribution in [0.25, 0.3) is 10.8 Å². The Morgan fingerprint density at radius 1 is 1.30 bits per heavy atom. The van der Waals surface area contributed by atoms with Crippen LogP contribution in [-0.4, -0.2) is 47.0 Å². The van der Waals surface area contributed by atoms with Gasteiger partial charge in [-0.1, -0.05) is 20.3 Å². The van der Waals surface area contributed by atoms with Gasteiger partial charge in [-0.3, -0.25) is 9.59 Å². The molecule has 9 heteroatoms. The summed E-state index contributed by atoms with van der Waals surface area (Å²) in [5.74, 6) is -1.36. The summed E-state index contributed by atoms with van der Waals surface area (Å²) in [6.07, 6.45) is 2.03. The first-order chi connectivity index (χ1) is 12.8. The molecule has 1 aromatic carbocycles. The second-order valence-corrected chi connectivity index (χ2v) is 6.14. The molecule has 146 valence electrons. The lowest BCUT2D eigenvalue weighted by Crippen LogP contribution is -2.47. The topological polar surface area (TPSA) is 120 Å². The van der Waals surface area contributed by atoms with Gasteiger partial charge in [-0.2, -0.15) is 5.10 Å². The average molecular weight is 377 g/mol. The summed E-state index contributed by atoms with van der Waals surface area (Å²) in [5.41, 5.74) is -0.534. The van der Waals surface area contributed by atoms with E-state index in [2.05, 4.69) is 10.4 Å². The fourth-order valence-corrected chi connectivity index (χ4v) is 2.73. The third kappa shape index (κ3) is 4.18. The molecule has 0 saturated carbocycles. The van der Waals surface area contributed by atoms with Crippen molar-refractivity contribution in [3.05, 3.63) is 28.7 Å². The van der Waals surface area contributed by atoms with E-state index in [4.69, 9.17) is 9.47 Å². The maximum atomic E-state index is 12.8. The number of carboxylic acids is 1. The van der Waals surface area contributed by atoms with Crippen LogP contribution >= 0.6 is 0 Å². The smallest absolute Gasteiger partial charge is 0.326 e. The molecule has 0 fully saturated rings. The first kappa shape index (κ1) is 20.2. The highest BCUT2D eigenvalue weighted by Crippen LogP contribution is 2.32. The van der Waals surface area contributed by atoms with Crippen LogP contribution in [0, 0.1) is 5.92 Å². The minimum atomic E-state index is -1.12.